The molecule has 4 rings (SSSR count). The molecule has 172 valence electrons. The fraction of sp³-hybridized carbons (Fsp3) is 0.708. The lowest BCUT2D eigenvalue weighted by molar-refractivity contribution is -0.132. The van der Waals surface area contributed by atoms with Crippen LogP contribution in [0.15, 0.2) is 18.2 Å². The number of rotatable bonds is 4. The van der Waals surface area contributed by atoms with E-state index in [0.717, 1.165) is 58.5 Å². The van der Waals surface area contributed by atoms with Crippen LogP contribution in [0.5, 0.6) is 5.75 Å². The van der Waals surface area contributed by atoms with Crippen LogP contribution in [0.1, 0.15) is 49.9 Å². The fourth-order valence-electron chi connectivity index (χ4n) is 5.38. The molecule has 31 heavy (non-hydrogen) atoms. The van der Waals surface area contributed by atoms with Crippen LogP contribution in [0.4, 0.5) is 4.39 Å². The van der Waals surface area contributed by atoms with E-state index < -0.39 is 5.82 Å². The predicted molar refractivity (Wildman–Crippen MR) is 118 cm³/mol. The van der Waals surface area contributed by atoms with Crippen molar-refractivity contribution in [2.24, 2.45) is 0 Å². The Morgan fingerprint density at radius 3 is 2.48 bits per heavy atom. The van der Waals surface area contributed by atoms with Gasteiger partial charge in [0.2, 0.25) is 0 Å². The van der Waals surface area contributed by atoms with Crippen molar-refractivity contribution in [1.82, 2.24) is 14.7 Å². The number of carbonyl (C=O) groups excluding carboxylic acids is 1. The standard InChI is InChI=1S/C24H36FN3O3/c1-18(2)26-11-13-27(14-12-26)20-6-15-31-24(17-20)7-9-28(10-8-24)23(29)19-4-5-22(30-3)21(25)16-19/h4-5,16,18,20H,6-15,17H2,1-3H3. The molecular formula is C24H36FN3O3. The Labute approximate surface area is 185 Å². The molecule has 1 atom stereocenters. The Kier molecular flexibility index (Phi) is 6.84. The fourth-order valence-corrected chi connectivity index (χ4v) is 5.38. The van der Waals surface area contributed by atoms with E-state index in [0.29, 0.717) is 30.7 Å². The van der Waals surface area contributed by atoms with Crippen molar-refractivity contribution in [2.45, 2.75) is 57.2 Å². The summed E-state index contributed by atoms with van der Waals surface area (Å²) in [6.07, 6.45) is 3.84. The number of halogens is 1. The van der Waals surface area contributed by atoms with Gasteiger partial charge in [-0.2, -0.15) is 0 Å². The number of ether oxygens (including phenoxy) is 2. The van der Waals surface area contributed by atoms with E-state index in [4.69, 9.17) is 9.47 Å². The van der Waals surface area contributed by atoms with Gasteiger partial charge in [-0.25, -0.2) is 4.39 Å². The molecule has 0 radical (unpaired) electrons. The van der Waals surface area contributed by atoms with Crippen LogP contribution < -0.4 is 4.74 Å². The first kappa shape index (κ1) is 22.5. The Morgan fingerprint density at radius 1 is 1.16 bits per heavy atom. The summed E-state index contributed by atoms with van der Waals surface area (Å²) in [5.74, 6) is -0.462. The van der Waals surface area contributed by atoms with Crippen LogP contribution in [-0.2, 0) is 4.74 Å². The highest BCUT2D eigenvalue weighted by Gasteiger charge is 2.43. The van der Waals surface area contributed by atoms with Crippen LogP contribution in [-0.4, -0.2) is 91.3 Å². The normalized spacial score (nSPS) is 25.2. The van der Waals surface area contributed by atoms with Gasteiger partial charge in [-0.15, -0.1) is 0 Å². The molecule has 1 aromatic carbocycles. The summed E-state index contributed by atoms with van der Waals surface area (Å²) >= 11 is 0. The van der Waals surface area contributed by atoms with Crippen LogP contribution in [0.25, 0.3) is 0 Å². The van der Waals surface area contributed by atoms with Gasteiger partial charge in [0.25, 0.3) is 5.91 Å². The van der Waals surface area contributed by atoms with E-state index in [2.05, 4.69) is 23.6 Å². The van der Waals surface area contributed by atoms with Crippen molar-refractivity contribution in [3.05, 3.63) is 29.6 Å². The largest absolute Gasteiger partial charge is 0.494 e. The lowest BCUT2D eigenvalue weighted by Gasteiger charge is -2.50. The van der Waals surface area contributed by atoms with E-state index in [1.165, 1.54) is 19.2 Å². The summed E-state index contributed by atoms with van der Waals surface area (Å²) in [7, 11) is 1.42. The minimum atomic E-state index is -0.502. The molecule has 3 fully saturated rings. The summed E-state index contributed by atoms with van der Waals surface area (Å²) in [5, 5.41) is 0. The van der Waals surface area contributed by atoms with Gasteiger partial charge in [0.1, 0.15) is 0 Å². The minimum Gasteiger partial charge on any atom is -0.494 e. The molecule has 0 aromatic heterocycles. The molecule has 1 aromatic rings. The maximum absolute atomic E-state index is 14.0. The third kappa shape index (κ3) is 4.89. The molecule has 0 aliphatic carbocycles. The van der Waals surface area contributed by atoms with Gasteiger partial charge in [-0.1, -0.05) is 0 Å². The Morgan fingerprint density at radius 2 is 1.87 bits per heavy atom. The van der Waals surface area contributed by atoms with Crippen molar-refractivity contribution in [1.29, 1.82) is 0 Å². The Hall–Kier alpha value is -1.70. The quantitative estimate of drug-likeness (QED) is 0.731. The number of carbonyl (C=O) groups is 1. The number of benzene rings is 1. The SMILES string of the molecule is COc1ccc(C(=O)N2CCC3(CC2)CC(N2CCN(C(C)C)CC2)CCO3)cc1F. The number of piperidine rings is 1. The smallest absolute Gasteiger partial charge is 0.253 e. The molecule has 3 aliphatic rings. The molecule has 3 saturated heterocycles. The Balaban J connectivity index is 1.33. The molecule has 3 aliphatic heterocycles. The van der Waals surface area contributed by atoms with Gasteiger partial charge in [-0.05, 0) is 57.7 Å². The summed E-state index contributed by atoms with van der Waals surface area (Å²) in [6.45, 7) is 11.2. The second-order valence-corrected chi connectivity index (χ2v) is 9.49. The third-order valence-electron chi connectivity index (χ3n) is 7.42. The van der Waals surface area contributed by atoms with Gasteiger partial charge in [0.15, 0.2) is 11.6 Å². The van der Waals surface area contributed by atoms with Gasteiger partial charge >= 0.3 is 0 Å². The summed E-state index contributed by atoms with van der Waals surface area (Å²) in [6, 6.07) is 5.61. The highest BCUT2D eigenvalue weighted by atomic mass is 19.1. The molecule has 6 nitrogen and oxygen atoms in total. The molecule has 0 saturated carbocycles. The topological polar surface area (TPSA) is 45.2 Å². The van der Waals surface area contributed by atoms with Crippen molar-refractivity contribution in [2.75, 3.05) is 53.0 Å². The zero-order valence-corrected chi connectivity index (χ0v) is 19.1. The monoisotopic (exact) mass is 433 g/mol. The van der Waals surface area contributed by atoms with Crippen molar-refractivity contribution in [3.8, 4) is 5.75 Å². The molecule has 1 spiro atoms. The maximum atomic E-state index is 14.0. The van der Waals surface area contributed by atoms with Gasteiger partial charge in [0, 0.05) is 63.5 Å². The average molecular weight is 434 g/mol. The number of nitrogens with zero attached hydrogens (tertiary/aromatic N) is 3. The zero-order valence-electron chi connectivity index (χ0n) is 19.1. The van der Waals surface area contributed by atoms with Crippen molar-refractivity contribution < 1.29 is 18.7 Å². The molecule has 0 bridgehead atoms. The molecule has 1 unspecified atom stereocenters. The molecular weight excluding hydrogens is 397 g/mol. The van der Waals surface area contributed by atoms with E-state index in [1.807, 2.05) is 4.90 Å². The van der Waals surface area contributed by atoms with Crippen molar-refractivity contribution in [3.63, 3.8) is 0 Å². The lowest BCUT2D eigenvalue weighted by Crippen LogP contribution is -2.58. The maximum Gasteiger partial charge on any atom is 0.253 e. The van der Waals surface area contributed by atoms with Gasteiger partial charge < -0.3 is 14.4 Å². The second kappa shape index (κ2) is 9.43. The number of piperazine rings is 1. The summed E-state index contributed by atoms with van der Waals surface area (Å²) in [4.78, 5) is 19.9. The second-order valence-electron chi connectivity index (χ2n) is 9.49. The van der Waals surface area contributed by atoms with Gasteiger partial charge in [-0.3, -0.25) is 14.6 Å². The first-order valence-corrected chi connectivity index (χ1v) is 11.7. The Bertz CT molecular complexity index is 771. The number of hydrogen-bond acceptors (Lipinski definition) is 5. The number of amides is 1. The molecule has 3 heterocycles. The highest BCUT2D eigenvalue weighted by molar-refractivity contribution is 5.94. The van der Waals surface area contributed by atoms with E-state index in [1.54, 1.807) is 6.07 Å². The van der Waals surface area contributed by atoms with Crippen LogP contribution in [0, 0.1) is 5.82 Å². The van der Waals surface area contributed by atoms with Crippen LogP contribution in [0.2, 0.25) is 0 Å². The van der Waals surface area contributed by atoms with Crippen LogP contribution >= 0.6 is 0 Å². The minimum absolute atomic E-state index is 0.117. The van der Waals surface area contributed by atoms with E-state index in [-0.39, 0.29) is 17.3 Å². The molecule has 7 heteroatoms. The van der Waals surface area contributed by atoms with E-state index in [9.17, 15) is 9.18 Å². The number of likely N-dealkylation sites (tertiary alicyclic amines) is 1. The van der Waals surface area contributed by atoms with Crippen LogP contribution in [0.3, 0.4) is 0 Å². The third-order valence-corrected chi connectivity index (χ3v) is 7.42. The van der Waals surface area contributed by atoms with Crippen molar-refractivity contribution >= 4 is 5.91 Å². The first-order chi connectivity index (χ1) is 14.9. The number of hydrogen-bond donors (Lipinski definition) is 0. The average Bonchev–Trinajstić information content (AvgIpc) is 2.79. The highest BCUT2D eigenvalue weighted by Crippen LogP contribution is 2.37. The molecule has 0 N–H and O–H groups in total. The zero-order chi connectivity index (χ0) is 22.0. The predicted octanol–water partition coefficient (Wildman–Crippen LogP) is 3.01. The molecule has 1 amide bonds. The lowest BCUT2D eigenvalue weighted by atomic mass is 9.81. The van der Waals surface area contributed by atoms with Gasteiger partial charge in [0.05, 0.1) is 12.7 Å². The number of methoxy groups -OCH3 is 1. The summed E-state index contributed by atoms with van der Waals surface area (Å²) in [5.41, 5.74) is 0.250. The summed E-state index contributed by atoms with van der Waals surface area (Å²) < 4.78 is 25.3. The van der Waals surface area contributed by atoms with E-state index >= 15 is 0 Å². The first-order valence-electron chi connectivity index (χ1n) is 11.7.